The predicted octanol–water partition coefficient (Wildman–Crippen LogP) is 11.0. The van der Waals surface area contributed by atoms with Crippen LogP contribution < -0.4 is 0 Å². The van der Waals surface area contributed by atoms with E-state index in [0.29, 0.717) is 11.8 Å². The molecule has 4 rings (SSSR count). The van der Waals surface area contributed by atoms with E-state index < -0.39 is 0 Å². The number of unbranched alkanes of at least 4 members (excludes halogenated alkanes) is 8. The zero-order chi connectivity index (χ0) is 24.5. The van der Waals surface area contributed by atoms with Crippen LogP contribution in [-0.4, -0.2) is 0 Å². The molecule has 1 heteroatoms. The van der Waals surface area contributed by atoms with Crippen molar-refractivity contribution in [2.24, 2.45) is 23.7 Å². The monoisotopic (exact) mass is 482 g/mol. The highest BCUT2D eigenvalue weighted by Gasteiger charge is 2.36. The van der Waals surface area contributed by atoms with E-state index in [1.165, 1.54) is 133 Å². The van der Waals surface area contributed by atoms with Gasteiger partial charge in [-0.2, -0.15) is 0 Å². The minimum atomic E-state index is 0.127. The quantitative estimate of drug-likeness (QED) is 0.245. The minimum Gasteiger partial charge on any atom is -0.207 e. The van der Waals surface area contributed by atoms with Crippen LogP contribution in [0.2, 0.25) is 0 Å². The zero-order valence-electron chi connectivity index (χ0n) is 23.3. The topological polar surface area (TPSA) is 0 Å². The fourth-order valence-corrected chi connectivity index (χ4v) is 8.03. The lowest BCUT2D eigenvalue weighted by molar-refractivity contribution is 0.113. The molecule has 5 unspecified atom stereocenters. The summed E-state index contributed by atoms with van der Waals surface area (Å²) in [7, 11) is 0. The summed E-state index contributed by atoms with van der Waals surface area (Å²) in [6.07, 6.45) is 28.4. The Balaban J connectivity index is 1.25. The van der Waals surface area contributed by atoms with E-state index in [1.54, 1.807) is 0 Å². The van der Waals surface area contributed by atoms with Gasteiger partial charge in [0.25, 0.3) is 0 Å². The highest BCUT2D eigenvalue weighted by molar-refractivity contribution is 5.37. The van der Waals surface area contributed by atoms with E-state index in [1.807, 2.05) is 6.07 Å². The number of halogens is 1. The third kappa shape index (κ3) is 7.82. The minimum absolute atomic E-state index is 0.127. The van der Waals surface area contributed by atoms with Gasteiger partial charge in [-0.05, 0) is 104 Å². The molecule has 0 saturated heterocycles. The fraction of sp³-hybridized carbons (Fsp3) is 0.824. The van der Waals surface area contributed by atoms with E-state index >= 15 is 4.39 Å². The summed E-state index contributed by atoms with van der Waals surface area (Å²) in [5, 5.41) is 0. The molecule has 3 aliphatic rings. The highest BCUT2D eigenvalue weighted by atomic mass is 19.1. The Morgan fingerprint density at radius 1 is 0.686 bits per heavy atom. The number of fused-ring (bicyclic) bond motifs is 2. The lowest BCUT2D eigenvalue weighted by Crippen LogP contribution is -2.30. The predicted molar refractivity (Wildman–Crippen MR) is 150 cm³/mol. The van der Waals surface area contributed by atoms with E-state index in [4.69, 9.17) is 0 Å². The van der Waals surface area contributed by atoms with E-state index in [2.05, 4.69) is 19.9 Å². The highest BCUT2D eigenvalue weighted by Crippen LogP contribution is 2.49. The Labute approximate surface area is 217 Å². The molecule has 1 aromatic carbocycles. The van der Waals surface area contributed by atoms with Crippen LogP contribution in [0, 0.1) is 29.5 Å². The molecule has 1 aromatic rings. The van der Waals surface area contributed by atoms with Crippen LogP contribution in [0.15, 0.2) is 12.1 Å². The first kappa shape index (κ1) is 27.2. The number of rotatable bonds is 13. The molecule has 0 heterocycles. The summed E-state index contributed by atoms with van der Waals surface area (Å²) in [4.78, 5) is 0. The zero-order valence-corrected chi connectivity index (χ0v) is 23.3. The van der Waals surface area contributed by atoms with Crippen molar-refractivity contribution in [3.63, 3.8) is 0 Å². The summed E-state index contributed by atoms with van der Waals surface area (Å²) in [5.41, 5.74) is 3.78. The van der Waals surface area contributed by atoms with Crippen molar-refractivity contribution in [3.8, 4) is 0 Å². The molecule has 0 aromatic heterocycles. The van der Waals surface area contributed by atoms with Gasteiger partial charge in [0.2, 0.25) is 0 Å². The van der Waals surface area contributed by atoms with Crippen molar-refractivity contribution in [2.75, 3.05) is 0 Å². The smallest absolute Gasteiger partial charge is 0.126 e. The Kier molecular flexibility index (Phi) is 11.0. The van der Waals surface area contributed by atoms with Crippen molar-refractivity contribution in [2.45, 2.75) is 155 Å². The first-order valence-electron chi connectivity index (χ1n) is 16.0. The van der Waals surface area contributed by atoms with Crippen LogP contribution >= 0.6 is 0 Å². The molecular weight excluding hydrogens is 427 g/mol. The Morgan fingerprint density at radius 2 is 1.34 bits per heavy atom. The molecule has 0 aliphatic heterocycles. The van der Waals surface area contributed by atoms with Gasteiger partial charge in [-0.3, -0.25) is 0 Å². The first-order valence-corrected chi connectivity index (χ1v) is 16.0. The van der Waals surface area contributed by atoms with E-state index in [0.717, 1.165) is 36.2 Å². The average Bonchev–Trinajstić information content (AvgIpc) is 2.88. The van der Waals surface area contributed by atoms with Gasteiger partial charge in [0, 0.05) is 0 Å². The summed E-state index contributed by atoms with van der Waals surface area (Å²) in [5.74, 6) is 4.31. The normalized spacial score (nSPS) is 28.5. The molecule has 0 nitrogen and oxygen atoms in total. The fourth-order valence-electron chi connectivity index (χ4n) is 8.03. The SMILES string of the molecule is CCCCCCCC1CCc2cc(C3CCC4CC(CCCCCCC)CCC4C3)cc(F)c2C1. The van der Waals surface area contributed by atoms with Gasteiger partial charge in [0.05, 0.1) is 0 Å². The molecule has 0 N–H and O–H groups in total. The lowest BCUT2D eigenvalue weighted by Gasteiger charge is -2.42. The maximum atomic E-state index is 15.3. The number of hydrogen-bond donors (Lipinski definition) is 0. The van der Waals surface area contributed by atoms with Crippen LogP contribution in [0.1, 0.15) is 158 Å². The van der Waals surface area contributed by atoms with Crippen LogP contribution in [-0.2, 0) is 12.8 Å². The molecule has 0 radical (unpaired) electrons. The summed E-state index contributed by atoms with van der Waals surface area (Å²) in [6.45, 7) is 4.59. The lowest BCUT2D eigenvalue weighted by atomic mass is 9.63. The molecular formula is C34H55F. The van der Waals surface area contributed by atoms with Crippen molar-refractivity contribution in [3.05, 3.63) is 34.6 Å². The van der Waals surface area contributed by atoms with Gasteiger partial charge in [-0.1, -0.05) is 103 Å². The van der Waals surface area contributed by atoms with Crippen molar-refractivity contribution in [1.29, 1.82) is 0 Å². The van der Waals surface area contributed by atoms with Gasteiger partial charge in [-0.15, -0.1) is 0 Å². The molecule has 0 spiro atoms. The first-order chi connectivity index (χ1) is 17.2. The van der Waals surface area contributed by atoms with Gasteiger partial charge in [0.1, 0.15) is 5.82 Å². The number of aryl methyl sites for hydroxylation is 1. The van der Waals surface area contributed by atoms with Gasteiger partial charge < -0.3 is 0 Å². The Morgan fingerprint density at radius 3 is 2.09 bits per heavy atom. The van der Waals surface area contributed by atoms with Crippen molar-refractivity contribution < 1.29 is 4.39 Å². The molecule has 2 fully saturated rings. The molecule has 2 saturated carbocycles. The molecule has 35 heavy (non-hydrogen) atoms. The summed E-state index contributed by atoms with van der Waals surface area (Å²) < 4.78 is 15.3. The second kappa shape index (κ2) is 14.2. The third-order valence-corrected chi connectivity index (χ3v) is 10.2. The van der Waals surface area contributed by atoms with Crippen LogP contribution in [0.4, 0.5) is 4.39 Å². The Hall–Kier alpha value is -0.850. The summed E-state index contributed by atoms with van der Waals surface area (Å²) >= 11 is 0. The van der Waals surface area contributed by atoms with Crippen LogP contribution in [0.5, 0.6) is 0 Å². The van der Waals surface area contributed by atoms with E-state index in [-0.39, 0.29) is 5.82 Å². The molecule has 3 aliphatic carbocycles. The van der Waals surface area contributed by atoms with Gasteiger partial charge in [-0.25, -0.2) is 4.39 Å². The second-order valence-corrected chi connectivity index (χ2v) is 12.9. The maximum Gasteiger partial charge on any atom is 0.126 e. The number of hydrogen-bond acceptors (Lipinski definition) is 0. The summed E-state index contributed by atoms with van der Waals surface area (Å²) in [6, 6.07) is 4.41. The van der Waals surface area contributed by atoms with Gasteiger partial charge >= 0.3 is 0 Å². The van der Waals surface area contributed by atoms with Gasteiger partial charge in [0.15, 0.2) is 0 Å². The van der Waals surface area contributed by atoms with E-state index in [9.17, 15) is 0 Å². The standard InChI is InChI=1S/C34H55F/c1-3-5-7-9-11-13-26-15-17-29-23-30(20-19-28(29)21-26)32-24-31-18-16-27(14-12-10-8-6-4-2)22-33(31)34(35)25-32/h24-30H,3-23H2,1-2H3. The molecule has 5 atom stereocenters. The molecule has 0 bridgehead atoms. The number of benzene rings is 1. The second-order valence-electron chi connectivity index (χ2n) is 12.9. The van der Waals surface area contributed by atoms with Crippen LogP contribution in [0.25, 0.3) is 0 Å². The molecule has 198 valence electrons. The maximum absolute atomic E-state index is 15.3. The average molecular weight is 483 g/mol. The third-order valence-electron chi connectivity index (χ3n) is 10.2. The van der Waals surface area contributed by atoms with Crippen molar-refractivity contribution in [1.82, 2.24) is 0 Å². The Bertz CT molecular complexity index is 751. The largest absolute Gasteiger partial charge is 0.207 e. The van der Waals surface area contributed by atoms with Crippen molar-refractivity contribution >= 4 is 0 Å². The molecule has 0 amide bonds. The van der Waals surface area contributed by atoms with Crippen LogP contribution in [0.3, 0.4) is 0 Å².